The van der Waals surface area contributed by atoms with E-state index in [9.17, 15) is 4.79 Å². The number of carbonyl (C=O) groups is 1. The van der Waals surface area contributed by atoms with Crippen molar-refractivity contribution in [1.29, 1.82) is 0 Å². The van der Waals surface area contributed by atoms with Gasteiger partial charge in [0.05, 0.1) is 0 Å². The van der Waals surface area contributed by atoms with Crippen molar-refractivity contribution < 1.29 is 9.53 Å². The van der Waals surface area contributed by atoms with E-state index in [4.69, 9.17) is 10.5 Å². The molecule has 20 heavy (non-hydrogen) atoms. The Morgan fingerprint density at radius 3 is 2.75 bits per heavy atom. The predicted octanol–water partition coefficient (Wildman–Crippen LogP) is 2.07. The van der Waals surface area contributed by atoms with Gasteiger partial charge in [0.15, 0.2) is 6.61 Å². The Kier molecular flexibility index (Phi) is 4.96. The Labute approximate surface area is 118 Å². The number of benzene rings is 2. The highest BCUT2D eigenvalue weighted by Gasteiger charge is 2.03. The van der Waals surface area contributed by atoms with Crippen LogP contribution in [0.3, 0.4) is 0 Å². The van der Waals surface area contributed by atoms with Crippen LogP contribution in [-0.2, 0) is 4.79 Å². The molecule has 0 radical (unpaired) electrons. The maximum atomic E-state index is 11.6. The average Bonchev–Trinajstić information content (AvgIpc) is 2.44. The van der Waals surface area contributed by atoms with Gasteiger partial charge in [0.25, 0.3) is 5.91 Å². The second-order valence-corrected chi connectivity index (χ2v) is 4.91. The van der Waals surface area contributed by atoms with Gasteiger partial charge in [-0.2, -0.15) is 0 Å². The summed E-state index contributed by atoms with van der Waals surface area (Å²) in [6.07, 6.45) is 0.766. The molecular formula is C16H20N2O2. The highest BCUT2D eigenvalue weighted by molar-refractivity contribution is 5.84. The van der Waals surface area contributed by atoms with Crippen LogP contribution in [0.2, 0.25) is 0 Å². The van der Waals surface area contributed by atoms with Crippen LogP contribution in [0.4, 0.5) is 0 Å². The van der Waals surface area contributed by atoms with Crippen molar-refractivity contribution in [1.82, 2.24) is 5.32 Å². The second kappa shape index (κ2) is 6.91. The summed E-state index contributed by atoms with van der Waals surface area (Å²) >= 11 is 0. The summed E-state index contributed by atoms with van der Waals surface area (Å²) in [6, 6.07) is 13.9. The third-order valence-corrected chi connectivity index (χ3v) is 3.01. The number of hydrogen-bond donors (Lipinski definition) is 2. The van der Waals surface area contributed by atoms with Gasteiger partial charge in [0.1, 0.15) is 5.75 Å². The number of ether oxygens (including phenoxy) is 1. The van der Waals surface area contributed by atoms with Crippen molar-refractivity contribution in [2.45, 2.75) is 19.4 Å². The Balaban J connectivity index is 1.84. The molecular weight excluding hydrogens is 252 g/mol. The molecule has 0 spiro atoms. The molecule has 0 aliphatic heterocycles. The van der Waals surface area contributed by atoms with Crippen molar-refractivity contribution in [2.24, 2.45) is 5.73 Å². The third-order valence-electron chi connectivity index (χ3n) is 3.01. The summed E-state index contributed by atoms with van der Waals surface area (Å²) in [6.45, 7) is 2.52. The first-order chi connectivity index (χ1) is 9.65. The van der Waals surface area contributed by atoms with Crippen LogP contribution < -0.4 is 15.8 Å². The largest absolute Gasteiger partial charge is 0.484 e. The fraction of sp³-hybridized carbons (Fsp3) is 0.312. The number of fused-ring (bicyclic) bond motifs is 1. The van der Waals surface area contributed by atoms with Crippen molar-refractivity contribution in [3.05, 3.63) is 42.5 Å². The van der Waals surface area contributed by atoms with Gasteiger partial charge in [0.2, 0.25) is 0 Å². The number of hydrogen-bond acceptors (Lipinski definition) is 3. The van der Waals surface area contributed by atoms with Crippen LogP contribution in [0.15, 0.2) is 42.5 Å². The van der Waals surface area contributed by atoms with Gasteiger partial charge in [-0.3, -0.25) is 4.79 Å². The fourth-order valence-corrected chi connectivity index (χ4v) is 1.90. The molecule has 0 bridgehead atoms. The molecule has 2 rings (SSSR count). The number of rotatable bonds is 6. The summed E-state index contributed by atoms with van der Waals surface area (Å²) in [5.74, 6) is 0.574. The molecule has 2 aromatic carbocycles. The van der Waals surface area contributed by atoms with Crippen LogP contribution >= 0.6 is 0 Å². The SMILES string of the molecule is CC(N)CCNC(=O)COc1ccc2ccccc2c1. The Hall–Kier alpha value is -2.07. The van der Waals surface area contributed by atoms with E-state index in [-0.39, 0.29) is 18.6 Å². The number of nitrogens with two attached hydrogens (primary N) is 1. The molecule has 1 unspecified atom stereocenters. The van der Waals surface area contributed by atoms with Gasteiger partial charge in [0, 0.05) is 12.6 Å². The van der Waals surface area contributed by atoms with Crippen LogP contribution in [-0.4, -0.2) is 25.1 Å². The highest BCUT2D eigenvalue weighted by atomic mass is 16.5. The van der Waals surface area contributed by atoms with Crippen LogP contribution in [0, 0.1) is 0 Å². The van der Waals surface area contributed by atoms with Crippen LogP contribution in [0.25, 0.3) is 10.8 Å². The van der Waals surface area contributed by atoms with Crippen LogP contribution in [0.5, 0.6) is 5.75 Å². The van der Waals surface area contributed by atoms with Crippen molar-refractivity contribution in [2.75, 3.05) is 13.2 Å². The zero-order valence-electron chi connectivity index (χ0n) is 11.6. The van der Waals surface area contributed by atoms with Gasteiger partial charge in [-0.15, -0.1) is 0 Å². The first-order valence-corrected chi connectivity index (χ1v) is 6.79. The van der Waals surface area contributed by atoms with Gasteiger partial charge in [-0.05, 0) is 36.2 Å². The summed E-state index contributed by atoms with van der Waals surface area (Å²) in [7, 11) is 0. The van der Waals surface area contributed by atoms with E-state index in [0.717, 1.165) is 17.2 Å². The Morgan fingerprint density at radius 1 is 1.25 bits per heavy atom. The predicted molar refractivity (Wildman–Crippen MR) is 80.7 cm³/mol. The smallest absolute Gasteiger partial charge is 0.257 e. The minimum absolute atomic E-state index is 0.0251. The zero-order valence-corrected chi connectivity index (χ0v) is 11.6. The molecule has 1 atom stereocenters. The molecule has 1 amide bonds. The molecule has 0 aliphatic rings. The molecule has 0 aromatic heterocycles. The molecule has 0 heterocycles. The van der Waals surface area contributed by atoms with Gasteiger partial charge in [-0.1, -0.05) is 30.3 Å². The van der Waals surface area contributed by atoms with E-state index >= 15 is 0 Å². The monoisotopic (exact) mass is 272 g/mol. The van der Waals surface area contributed by atoms with E-state index in [1.807, 2.05) is 49.4 Å². The van der Waals surface area contributed by atoms with Crippen molar-refractivity contribution in [3.63, 3.8) is 0 Å². The third kappa shape index (κ3) is 4.24. The standard InChI is InChI=1S/C16H20N2O2/c1-12(17)8-9-18-16(19)11-20-15-7-6-13-4-2-3-5-14(13)10-15/h2-7,10,12H,8-9,11,17H2,1H3,(H,18,19). The van der Waals surface area contributed by atoms with E-state index in [1.54, 1.807) is 0 Å². The maximum absolute atomic E-state index is 11.6. The molecule has 0 saturated heterocycles. The fourth-order valence-electron chi connectivity index (χ4n) is 1.90. The summed E-state index contributed by atoms with van der Waals surface area (Å²) in [5, 5.41) is 5.03. The van der Waals surface area contributed by atoms with E-state index < -0.39 is 0 Å². The lowest BCUT2D eigenvalue weighted by Crippen LogP contribution is -2.32. The van der Waals surface area contributed by atoms with Gasteiger partial charge in [-0.25, -0.2) is 0 Å². The van der Waals surface area contributed by atoms with Gasteiger partial charge < -0.3 is 15.8 Å². The second-order valence-electron chi connectivity index (χ2n) is 4.91. The molecule has 4 nitrogen and oxygen atoms in total. The molecule has 0 aliphatic carbocycles. The molecule has 0 saturated carbocycles. The number of nitrogens with one attached hydrogen (secondary N) is 1. The molecule has 3 N–H and O–H groups in total. The summed E-state index contributed by atoms with van der Waals surface area (Å²) in [4.78, 5) is 11.6. The molecule has 4 heteroatoms. The number of amides is 1. The first-order valence-electron chi connectivity index (χ1n) is 6.79. The van der Waals surface area contributed by atoms with E-state index in [2.05, 4.69) is 5.32 Å². The molecule has 106 valence electrons. The minimum Gasteiger partial charge on any atom is -0.484 e. The lowest BCUT2D eigenvalue weighted by Gasteiger charge is -2.09. The summed E-state index contributed by atoms with van der Waals surface area (Å²) in [5.41, 5.74) is 5.61. The number of carbonyl (C=O) groups excluding carboxylic acids is 1. The Morgan fingerprint density at radius 2 is 2.00 bits per heavy atom. The lowest BCUT2D eigenvalue weighted by atomic mass is 10.1. The normalized spacial score (nSPS) is 12.1. The van der Waals surface area contributed by atoms with Crippen molar-refractivity contribution >= 4 is 16.7 Å². The lowest BCUT2D eigenvalue weighted by molar-refractivity contribution is -0.123. The highest BCUT2D eigenvalue weighted by Crippen LogP contribution is 2.20. The zero-order chi connectivity index (χ0) is 14.4. The average molecular weight is 272 g/mol. The van der Waals surface area contributed by atoms with E-state index in [0.29, 0.717) is 12.3 Å². The van der Waals surface area contributed by atoms with Gasteiger partial charge >= 0.3 is 0 Å². The Bertz CT molecular complexity index is 581. The first kappa shape index (κ1) is 14.3. The maximum Gasteiger partial charge on any atom is 0.257 e. The molecule has 0 fully saturated rings. The quantitative estimate of drug-likeness (QED) is 0.846. The van der Waals surface area contributed by atoms with Crippen LogP contribution in [0.1, 0.15) is 13.3 Å². The van der Waals surface area contributed by atoms with E-state index in [1.165, 1.54) is 0 Å². The molecule has 2 aromatic rings. The topological polar surface area (TPSA) is 64.3 Å². The minimum atomic E-state index is -0.126. The van der Waals surface area contributed by atoms with Crippen molar-refractivity contribution in [3.8, 4) is 5.75 Å². The summed E-state index contributed by atoms with van der Waals surface area (Å²) < 4.78 is 5.49.